The molecule has 0 aliphatic carbocycles. The summed E-state index contributed by atoms with van der Waals surface area (Å²) in [5, 5.41) is 19.1. The fourth-order valence-electron chi connectivity index (χ4n) is 3.08. The highest BCUT2D eigenvalue weighted by molar-refractivity contribution is 5.80. The Balaban J connectivity index is 1.76. The maximum Gasteiger partial charge on any atom is 0.153 e. The molecular formula is C15H17N5O. The Bertz CT molecular complexity index is 789. The van der Waals surface area contributed by atoms with Crippen molar-refractivity contribution in [2.45, 2.75) is 39.0 Å². The van der Waals surface area contributed by atoms with E-state index >= 15 is 0 Å². The van der Waals surface area contributed by atoms with Gasteiger partial charge in [0.05, 0.1) is 13.2 Å². The first-order chi connectivity index (χ1) is 10.4. The number of rotatable bonds is 3. The highest BCUT2D eigenvalue weighted by atomic mass is 16.3. The van der Waals surface area contributed by atoms with Gasteiger partial charge >= 0.3 is 0 Å². The zero-order valence-corrected chi connectivity index (χ0v) is 11.7. The molecule has 0 atom stereocenters. The molecule has 4 rings (SSSR count). The molecule has 4 heterocycles. The fourth-order valence-corrected chi connectivity index (χ4v) is 3.08. The largest absolute Gasteiger partial charge is 0.392 e. The topological polar surface area (TPSA) is 68.8 Å². The van der Waals surface area contributed by atoms with E-state index in [1.807, 2.05) is 22.9 Å². The lowest BCUT2D eigenvalue weighted by molar-refractivity contribution is 0.283. The summed E-state index contributed by atoms with van der Waals surface area (Å²) in [7, 11) is 0. The van der Waals surface area contributed by atoms with E-state index < -0.39 is 0 Å². The molecule has 0 spiro atoms. The third-order valence-corrected chi connectivity index (χ3v) is 4.13. The van der Waals surface area contributed by atoms with Crippen molar-refractivity contribution in [1.82, 2.24) is 24.3 Å². The van der Waals surface area contributed by atoms with Crippen molar-refractivity contribution < 1.29 is 5.11 Å². The molecule has 3 aromatic rings. The van der Waals surface area contributed by atoms with Crippen LogP contribution in [0.1, 0.15) is 30.1 Å². The summed E-state index contributed by atoms with van der Waals surface area (Å²) in [5.74, 6) is 2.06. The van der Waals surface area contributed by atoms with E-state index in [9.17, 15) is 5.11 Å². The van der Waals surface area contributed by atoms with Gasteiger partial charge in [0.15, 0.2) is 5.82 Å². The van der Waals surface area contributed by atoms with Crippen LogP contribution in [0, 0.1) is 0 Å². The van der Waals surface area contributed by atoms with Crippen LogP contribution in [0.5, 0.6) is 0 Å². The van der Waals surface area contributed by atoms with Gasteiger partial charge in [-0.15, -0.1) is 10.2 Å². The number of aliphatic hydroxyl groups is 1. The summed E-state index contributed by atoms with van der Waals surface area (Å²) in [6.45, 7) is 1.66. The minimum absolute atomic E-state index is 0.0210. The summed E-state index contributed by atoms with van der Waals surface area (Å²) < 4.78 is 4.27. The first-order valence-corrected chi connectivity index (χ1v) is 7.31. The van der Waals surface area contributed by atoms with E-state index in [2.05, 4.69) is 19.7 Å². The minimum Gasteiger partial charge on any atom is -0.392 e. The third kappa shape index (κ3) is 2.03. The molecule has 6 nitrogen and oxygen atoms in total. The average Bonchev–Trinajstić information content (AvgIpc) is 3.10. The molecule has 0 bridgehead atoms. The van der Waals surface area contributed by atoms with Crippen LogP contribution >= 0.6 is 0 Å². The molecule has 1 aliphatic heterocycles. The minimum atomic E-state index is 0.0210. The lowest BCUT2D eigenvalue weighted by Gasteiger charge is -2.15. The molecule has 0 aromatic carbocycles. The zero-order chi connectivity index (χ0) is 14.2. The molecule has 0 saturated heterocycles. The van der Waals surface area contributed by atoms with Crippen LogP contribution in [-0.2, 0) is 26.1 Å². The molecule has 21 heavy (non-hydrogen) atoms. The van der Waals surface area contributed by atoms with Gasteiger partial charge in [-0.1, -0.05) is 0 Å². The smallest absolute Gasteiger partial charge is 0.153 e. The third-order valence-electron chi connectivity index (χ3n) is 4.13. The SMILES string of the molecule is OCc1cn(Cc2nnc3n2CCCC3)c2ncccc12. The van der Waals surface area contributed by atoms with Gasteiger partial charge in [-0.3, -0.25) is 0 Å². The average molecular weight is 283 g/mol. The van der Waals surface area contributed by atoms with Crippen LogP contribution in [0.3, 0.4) is 0 Å². The number of aliphatic hydroxyl groups excluding tert-OH is 1. The van der Waals surface area contributed by atoms with Crippen molar-refractivity contribution in [3.63, 3.8) is 0 Å². The van der Waals surface area contributed by atoms with Gasteiger partial charge in [0, 0.05) is 36.3 Å². The molecule has 0 radical (unpaired) electrons. The quantitative estimate of drug-likeness (QED) is 0.791. The van der Waals surface area contributed by atoms with Crippen LogP contribution in [-0.4, -0.2) is 29.4 Å². The van der Waals surface area contributed by atoms with E-state index in [1.54, 1.807) is 6.20 Å². The molecule has 0 saturated carbocycles. The van der Waals surface area contributed by atoms with Gasteiger partial charge in [0.1, 0.15) is 11.5 Å². The molecule has 1 aliphatic rings. The summed E-state index contributed by atoms with van der Waals surface area (Å²) in [6.07, 6.45) is 7.13. The van der Waals surface area contributed by atoms with Crippen molar-refractivity contribution >= 4 is 11.0 Å². The maximum absolute atomic E-state index is 9.49. The lowest BCUT2D eigenvalue weighted by Crippen LogP contribution is -2.15. The van der Waals surface area contributed by atoms with Gasteiger partial charge in [-0.05, 0) is 25.0 Å². The monoisotopic (exact) mass is 283 g/mol. The number of nitrogens with zero attached hydrogens (tertiary/aromatic N) is 5. The normalized spacial score (nSPS) is 14.5. The Kier molecular flexibility index (Phi) is 2.96. The fraction of sp³-hybridized carbons (Fsp3) is 0.400. The van der Waals surface area contributed by atoms with Crippen LogP contribution < -0.4 is 0 Å². The Morgan fingerprint density at radius 3 is 3.10 bits per heavy atom. The number of pyridine rings is 1. The summed E-state index contributed by atoms with van der Waals surface area (Å²) in [6, 6.07) is 3.88. The van der Waals surface area contributed by atoms with E-state index in [-0.39, 0.29) is 6.61 Å². The van der Waals surface area contributed by atoms with E-state index in [0.29, 0.717) is 6.54 Å². The van der Waals surface area contributed by atoms with Gasteiger partial charge in [0.2, 0.25) is 0 Å². The first-order valence-electron chi connectivity index (χ1n) is 7.31. The predicted molar refractivity (Wildman–Crippen MR) is 77.7 cm³/mol. The van der Waals surface area contributed by atoms with Crippen molar-refractivity contribution in [2.24, 2.45) is 0 Å². The standard InChI is InChI=1S/C15H17N5O/c21-10-11-8-19(15-12(11)4-3-6-16-15)9-14-18-17-13-5-1-2-7-20(13)14/h3-4,6,8,21H,1-2,5,7,9-10H2. The lowest BCUT2D eigenvalue weighted by atomic mass is 10.2. The second kappa shape index (κ2) is 4.96. The highest BCUT2D eigenvalue weighted by Crippen LogP contribution is 2.21. The number of hydrogen-bond donors (Lipinski definition) is 1. The Morgan fingerprint density at radius 2 is 2.19 bits per heavy atom. The van der Waals surface area contributed by atoms with Crippen LogP contribution in [0.15, 0.2) is 24.5 Å². The Morgan fingerprint density at radius 1 is 1.24 bits per heavy atom. The van der Waals surface area contributed by atoms with Crippen LogP contribution in [0.4, 0.5) is 0 Å². The second-order valence-corrected chi connectivity index (χ2v) is 5.46. The van der Waals surface area contributed by atoms with Crippen LogP contribution in [0.25, 0.3) is 11.0 Å². The van der Waals surface area contributed by atoms with Gasteiger partial charge in [-0.25, -0.2) is 4.98 Å². The first kappa shape index (κ1) is 12.5. The second-order valence-electron chi connectivity index (χ2n) is 5.46. The number of fused-ring (bicyclic) bond motifs is 2. The summed E-state index contributed by atoms with van der Waals surface area (Å²) in [5.41, 5.74) is 1.78. The molecular weight excluding hydrogens is 266 g/mol. The maximum atomic E-state index is 9.49. The van der Waals surface area contributed by atoms with Crippen molar-refractivity contribution in [2.75, 3.05) is 0 Å². The zero-order valence-electron chi connectivity index (χ0n) is 11.7. The molecule has 0 amide bonds. The van der Waals surface area contributed by atoms with Crippen molar-refractivity contribution in [1.29, 1.82) is 0 Å². The van der Waals surface area contributed by atoms with Gasteiger partial charge in [-0.2, -0.15) is 0 Å². The van der Waals surface area contributed by atoms with Gasteiger partial charge in [0.25, 0.3) is 0 Å². The molecule has 0 unspecified atom stereocenters. The van der Waals surface area contributed by atoms with E-state index in [4.69, 9.17) is 0 Å². The number of aromatic nitrogens is 5. The Hall–Kier alpha value is -2.21. The molecule has 1 N–H and O–H groups in total. The Labute approximate surface area is 122 Å². The van der Waals surface area contributed by atoms with Gasteiger partial charge < -0.3 is 14.2 Å². The van der Waals surface area contributed by atoms with Crippen molar-refractivity contribution in [3.05, 3.63) is 41.7 Å². The predicted octanol–water partition coefficient (Wildman–Crippen LogP) is 1.50. The molecule has 3 aromatic heterocycles. The molecule has 6 heteroatoms. The van der Waals surface area contributed by atoms with Crippen molar-refractivity contribution in [3.8, 4) is 0 Å². The van der Waals surface area contributed by atoms with Crippen LogP contribution in [0.2, 0.25) is 0 Å². The molecule has 0 fully saturated rings. The molecule has 108 valence electrons. The number of hydrogen-bond acceptors (Lipinski definition) is 4. The van der Waals surface area contributed by atoms with E-state index in [0.717, 1.165) is 41.2 Å². The number of aryl methyl sites for hydroxylation is 1. The summed E-state index contributed by atoms with van der Waals surface area (Å²) >= 11 is 0. The van der Waals surface area contributed by atoms with E-state index in [1.165, 1.54) is 12.8 Å². The highest BCUT2D eigenvalue weighted by Gasteiger charge is 2.17. The summed E-state index contributed by atoms with van der Waals surface area (Å²) in [4.78, 5) is 4.44.